The molecule has 0 saturated heterocycles. The highest BCUT2D eigenvalue weighted by molar-refractivity contribution is 7.98. The Morgan fingerprint density at radius 2 is 1.75 bits per heavy atom. The lowest BCUT2D eigenvalue weighted by molar-refractivity contribution is 0.391. The van der Waals surface area contributed by atoms with Crippen molar-refractivity contribution in [2.45, 2.75) is 24.3 Å². The van der Waals surface area contributed by atoms with Gasteiger partial charge in [-0.05, 0) is 36.2 Å². The van der Waals surface area contributed by atoms with Gasteiger partial charge >= 0.3 is 0 Å². The van der Waals surface area contributed by atoms with Crippen molar-refractivity contribution in [1.29, 1.82) is 0 Å². The number of nitrogens with zero attached hydrogens (tertiary/aromatic N) is 4. The molecule has 4 aromatic rings. The topological polar surface area (TPSA) is 89.7 Å². The van der Waals surface area contributed by atoms with Gasteiger partial charge in [-0.1, -0.05) is 48.1 Å². The van der Waals surface area contributed by atoms with Gasteiger partial charge in [-0.2, -0.15) is 4.98 Å². The van der Waals surface area contributed by atoms with Crippen molar-refractivity contribution in [2.24, 2.45) is 0 Å². The van der Waals surface area contributed by atoms with Crippen molar-refractivity contribution in [2.75, 3.05) is 7.11 Å². The Morgan fingerprint density at radius 3 is 2.46 bits per heavy atom. The lowest BCUT2D eigenvalue weighted by Gasteiger charge is -1.99. The molecule has 2 aromatic heterocycles. The molecule has 0 spiro atoms. The fourth-order valence-electron chi connectivity index (χ4n) is 2.64. The summed E-state index contributed by atoms with van der Waals surface area (Å²) >= 11 is 1.44. The summed E-state index contributed by atoms with van der Waals surface area (Å²) in [5, 5.41) is 11.9. The molecule has 0 radical (unpaired) electrons. The normalized spacial score (nSPS) is 10.9. The van der Waals surface area contributed by atoms with Crippen LogP contribution in [0.3, 0.4) is 0 Å². The van der Waals surface area contributed by atoms with E-state index in [0.29, 0.717) is 28.4 Å². The predicted octanol–water partition coefficient (Wildman–Crippen LogP) is 4.39. The van der Waals surface area contributed by atoms with Crippen molar-refractivity contribution in [3.8, 4) is 28.5 Å². The van der Waals surface area contributed by atoms with Crippen LogP contribution in [-0.4, -0.2) is 32.4 Å². The first-order chi connectivity index (χ1) is 13.7. The molecule has 1 N–H and O–H groups in total. The molecule has 28 heavy (non-hydrogen) atoms. The third kappa shape index (κ3) is 4.07. The van der Waals surface area contributed by atoms with Crippen molar-refractivity contribution >= 4 is 11.8 Å². The number of nitrogens with one attached hydrogen (secondary N) is 1. The minimum absolute atomic E-state index is 0.500. The van der Waals surface area contributed by atoms with Crippen LogP contribution in [0, 0.1) is 0 Å². The second-order valence-electron chi connectivity index (χ2n) is 6.05. The van der Waals surface area contributed by atoms with Gasteiger partial charge in [0.15, 0.2) is 5.82 Å². The molecule has 0 aliphatic rings. The number of aryl methyl sites for hydroxylation is 1. The third-order valence-electron chi connectivity index (χ3n) is 4.24. The average Bonchev–Trinajstić information content (AvgIpc) is 3.42. The molecule has 0 unspecified atom stereocenters. The summed E-state index contributed by atoms with van der Waals surface area (Å²) in [6.45, 7) is 2.13. The van der Waals surface area contributed by atoms with E-state index in [1.807, 2.05) is 36.4 Å². The minimum atomic E-state index is 0.500. The maximum atomic E-state index is 5.35. The van der Waals surface area contributed by atoms with E-state index >= 15 is 0 Å². The first-order valence-electron chi connectivity index (χ1n) is 8.86. The van der Waals surface area contributed by atoms with Crippen molar-refractivity contribution in [1.82, 2.24) is 25.3 Å². The Hall–Kier alpha value is -3.13. The Kier molecular flexibility index (Phi) is 5.38. The van der Waals surface area contributed by atoms with E-state index in [2.05, 4.69) is 44.4 Å². The van der Waals surface area contributed by atoms with Gasteiger partial charge in [-0.3, -0.25) is 5.10 Å². The molecule has 2 heterocycles. The largest absolute Gasteiger partial charge is 0.497 e. The van der Waals surface area contributed by atoms with Crippen LogP contribution in [0.15, 0.2) is 58.2 Å². The van der Waals surface area contributed by atoms with Crippen LogP contribution in [0.25, 0.3) is 22.8 Å². The highest BCUT2D eigenvalue weighted by Crippen LogP contribution is 2.24. The molecule has 0 saturated carbocycles. The van der Waals surface area contributed by atoms with E-state index < -0.39 is 0 Å². The quantitative estimate of drug-likeness (QED) is 0.466. The lowest BCUT2D eigenvalue weighted by atomic mass is 10.1. The molecule has 0 aliphatic heterocycles. The first-order valence-corrected chi connectivity index (χ1v) is 9.85. The number of hydrogen-bond acceptors (Lipinski definition) is 7. The van der Waals surface area contributed by atoms with Crippen molar-refractivity contribution in [3.63, 3.8) is 0 Å². The Morgan fingerprint density at radius 1 is 1.00 bits per heavy atom. The molecule has 8 heteroatoms. The lowest BCUT2D eigenvalue weighted by Crippen LogP contribution is -1.85. The fraction of sp³-hybridized carbons (Fsp3) is 0.200. The first kappa shape index (κ1) is 18.2. The maximum Gasteiger partial charge on any atom is 0.237 e. The number of thioether (sulfide) groups is 1. The Labute approximate surface area is 166 Å². The van der Waals surface area contributed by atoms with Gasteiger partial charge in [0.1, 0.15) is 5.75 Å². The summed E-state index contributed by atoms with van der Waals surface area (Å²) in [6, 6.07) is 15.8. The summed E-state index contributed by atoms with van der Waals surface area (Å²) in [7, 11) is 1.64. The van der Waals surface area contributed by atoms with Gasteiger partial charge in [-0.25, -0.2) is 4.98 Å². The summed E-state index contributed by atoms with van der Waals surface area (Å²) < 4.78 is 10.5. The summed E-state index contributed by atoms with van der Waals surface area (Å²) in [6.07, 6.45) is 1.00. The Bertz CT molecular complexity index is 955. The van der Waals surface area contributed by atoms with Gasteiger partial charge in [0.05, 0.1) is 12.9 Å². The second-order valence-corrected chi connectivity index (χ2v) is 6.99. The molecule has 0 atom stereocenters. The van der Waals surface area contributed by atoms with Gasteiger partial charge in [0, 0.05) is 11.1 Å². The molecular weight excluding hydrogens is 374 g/mol. The van der Waals surface area contributed by atoms with E-state index in [4.69, 9.17) is 9.26 Å². The van der Waals surface area contributed by atoms with E-state index in [0.717, 1.165) is 23.3 Å². The zero-order valence-corrected chi connectivity index (χ0v) is 16.4. The highest BCUT2D eigenvalue weighted by Gasteiger charge is 2.12. The summed E-state index contributed by atoms with van der Waals surface area (Å²) in [5.41, 5.74) is 3.16. The van der Waals surface area contributed by atoms with E-state index in [9.17, 15) is 0 Å². The number of rotatable bonds is 7. The van der Waals surface area contributed by atoms with Crippen LogP contribution in [0.2, 0.25) is 0 Å². The smallest absolute Gasteiger partial charge is 0.237 e. The van der Waals surface area contributed by atoms with Crippen LogP contribution in [0.1, 0.15) is 18.4 Å². The van der Waals surface area contributed by atoms with Crippen molar-refractivity contribution < 1.29 is 9.26 Å². The van der Waals surface area contributed by atoms with Crippen LogP contribution in [0.5, 0.6) is 5.75 Å². The fourth-order valence-corrected chi connectivity index (χ4v) is 3.27. The van der Waals surface area contributed by atoms with Crippen LogP contribution in [-0.2, 0) is 12.2 Å². The van der Waals surface area contributed by atoms with Gasteiger partial charge < -0.3 is 9.26 Å². The molecule has 0 aliphatic carbocycles. The van der Waals surface area contributed by atoms with E-state index in [-0.39, 0.29) is 0 Å². The van der Waals surface area contributed by atoms with Crippen LogP contribution < -0.4 is 4.74 Å². The molecular formula is C20H19N5O2S. The summed E-state index contributed by atoms with van der Waals surface area (Å²) in [5.74, 6) is 3.13. The number of H-pyrrole nitrogens is 1. The standard InChI is InChI=1S/C20H19N5O2S/c1-3-13-4-6-15(7-5-13)19-21-17(27-25-19)12-28-20-22-18(23-24-20)14-8-10-16(26-2)11-9-14/h4-11H,3,12H2,1-2H3,(H,22,23,24). The number of methoxy groups -OCH3 is 1. The predicted molar refractivity (Wildman–Crippen MR) is 107 cm³/mol. The van der Waals surface area contributed by atoms with E-state index in [1.165, 1.54) is 17.3 Å². The van der Waals surface area contributed by atoms with Crippen molar-refractivity contribution in [3.05, 3.63) is 60.0 Å². The van der Waals surface area contributed by atoms with Crippen LogP contribution in [0.4, 0.5) is 0 Å². The monoisotopic (exact) mass is 393 g/mol. The minimum Gasteiger partial charge on any atom is -0.497 e. The zero-order valence-electron chi connectivity index (χ0n) is 15.5. The molecule has 0 fully saturated rings. The van der Waals surface area contributed by atoms with E-state index in [1.54, 1.807) is 7.11 Å². The number of aromatic amines is 1. The maximum absolute atomic E-state index is 5.35. The number of ether oxygens (including phenoxy) is 1. The third-order valence-corrected chi connectivity index (χ3v) is 5.07. The van der Waals surface area contributed by atoms with Crippen LogP contribution >= 0.6 is 11.8 Å². The molecule has 4 rings (SSSR count). The molecule has 0 amide bonds. The van der Waals surface area contributed by atoms with Gasteiger partial charge in [0.2, 0.25) is 16.9 Å². The molecule has 0 bridgehead atoms. The SMILES string of the molecule is CCc1ccc(-c2noc(CSc3n[nH]c(-c4ccc(OC)cc4)n3)n2)cc1. The second kappa shape index (κ2) is 8.26. The molecule has 2 aromatic carbocycles. The zero-order chi connectivity index (χ0) is 19.3. The average molecular weight is 393 g/mol. The molecule has 7 nitrogen and oxygen atoms in total. The van der Waals surface area contributed by atoms with Gasteiger partial charge in [0.25, 0.3) is 0 Å². The Balaban J connectivity index is 1.39. The number of aromatic nitrogens is 5. The number of benzene rings is 2. The van der Waals surface area contributed by atoms with Gasteiger partial charge in [-0.15, -0.1) is 5.10 Å². The summed E-state index contributed by atoms with van der Waals surface area (Å²) in [4.78, 5) is 8.96. The highest BCUT2D eigenvalue weighted by atomic mass is 32.2. The molecule has 142 valence electrons. The number of hydrogen-bond donors (Lipinski definition) is 1.